The van der Waals surface area contributed by atoms with Crippen molar-refractivity contribution >= 4 is 12.4 Å². The summed E-state index contributed by atoms with van der Waals surface area (Å²) in [7, 11) is 0. The number of nitrogens with zero attached hydrogens (tertiary/aromatic N) is 2. The second-order valence-electron chi connectivity index (χ2n) is 12.5. The number of hydrogen-bond acceptors (Lipinski definition) is 4. The first-order chi connectivity index (χ1) is 16.3. The van der Waals surface area contributed by atoms with Crippen molar-refractivity contribution in [2.75, 3.05) is 13.2 Å². The molecule has 4 rings (SSSR count). The van der Waals surface area contributed by atoms with Crippen LogP contribution in [0.4, 0.5) is 0 Å². The van der Waals surface area contributed by atoms with Gasteiger partial charge in [-0.15, -0.1) is 0 Å². The van der Waals surface area contributed by atoms with Crippen LogP contribution in [-0.4, -0.2) is 36.7 Å². The van der Waals surface area contributed by atoms with E-state index in [0.717, 1.165) is 61.5 Å². The number of aryl methyl sites for hydroxylation is 2. The fraction of sp³-hybridized carbons (Fsp3) is 0.548. The number of ether oxygens (including phenoxy) is 2. The van der Waals surface area contributed by atoms with E-state index in [9.17, 15) is 0 Å². The lowest BCUT2D eigenvalue weighted by Gasteiger charge is -2.31. The Hall–Kier alpha value is -2.62. The highest BCUT2D eigenvalue weighted by Crippen LogP contribution is 2.40. The minimum atomic E-state index is -0.201. The Morgan fingerprint density at radius 3 is 1.40 bits per heavy atom. The van der Waals surface area contributed by atoms with E-state index in [0.29, 0.717) is 0 Å². The van der Waals surface area contributed by atoms with E-state index in [1.807, 2.05) is 12.4 Å². The van der Waals surface area contributed by atoms with Crippen LogP contribution in [-0.2, 0) is 18.3 Å². The molecule has 0 bridgehead atoms. The molecule has 0 saturated carbocycles. The number of rotatable bonds is 4. The van der Waals surface area contributed by atoms with Gasteiger partial charge in [-0.25, -0.2) is 0 Å². The second kappa shape index (κ2) is 9.44. The highest BCUT2D eigenvalue weighted by molar-refractivity contribution is 5.86. The van der Waals surface area contributed by atoms with Crippen LogP contribution in [0.15, 0.2) is 34.3 Å². The van der Waals surface area contributed by atoms with Gasteiger partial charge < -0.3 is 9.47 Å². The number of aliphatic imine (C=N–C) groups is 2. The molecule has 0 aromatic heterocycles. The molecule has 0 saturated heterocycles. The predicted molar refractivity (Wildman–Crippen MR) is 147 cm³/mol. The fourth-order valence-electron chi connectivity index (χ4n) is 4.63. The van der Waals surface area contributed by atoms with Crippen molar-refractivity contribution < 1.29 is 9.47 Å². The summed E-state index contributed by atoms with van der Waals surface area (Å²) in [5.74, 6) is 2.00. The summed E-state index contributed by atoms with van der Waals surface area (Å²) in [6.07, 6.45) is 8.19. The van der Waals surface area contributed by atoms with E-state index in [4.69, 9.17) is 19.5 Å². The van der Waals surface area contributed by atoms with Crippen molar-refractivity contribution in [3.8, 4) is 11.5 Å². The summed E-state index contributed by atoms with van der Waals surface area (Å²) in [6.45, 7) is 18.9. The second-order valence-corrected chi connectivity index (χ2v) is 12.5. The van der Waals surface area contributed by atoms with Crippen molar-refractivity contribution in [2.45, 2.75) is 97.6 Å². The molecule has 35 heavy (non-hydrogen) atoms. The van der Waals surface area contributed by atoms with Crippen LogP contribution in [0.2, 0.25) is 0 Å². The summed E-state index contributed by atoms with van der Waals surface area (Å²) in [5.41, 5.74) is 6.83. The van der Waals surface area contributed by atoms with Gasteiger partial charge in [0.15, 0.2) is 0 Å². The van der Waals surface area contributed by atoms with Gasteiger partial charge in [0.25, 0.3) is 0 Å². The molecule has 0 aliphatic carbocycles. The lowest BCUT2D eigenvalue weighted by Crippen LogP contribution is -2.23. The van der Waals surface area contributed by atoms with E-state index < -0.39 is 0 Å². The van der Waals surface area contributed by atoms with Gasteiger partial charge >= 0.3 is 0 Å². The van der Waals surface area contributed by atoms with Gasteiger partial charge in [-0.3, -0.25) is 9.98 Å². The monoisotopic (exact) mass is 474 g/mol. The third-order valence-electron chi connectivity index (χ3n) is 6.69. The van der Waals surface area contributed by atoms with E-state index in [1.54, 1.807) is 0 Å². The van der Waals surface area contributed by atoms with Crippen molar-refractivity contribution in [3.05, 3.63) is 57.6 Å². The molecule has 0 spiro atoms. The summed E-state index contributed by atoms with van der Waals surface area (Å²) in [6, 6.07) is 9.25. The normalized spacial score (nSPS) is 16.7. The van der Waals surface area contributed by atoms with Crippen molar-refractivity contribution in [1.29, 1.82) is 0 Å². The van der Waals surface area contributed by atoms with Gasteiger partial charge in [-0.2, -0.15) is 0 Å². The maximum Gasteiger partial charge on any atom is 0.131 e. The van der Waals surface area contributed by atoms with Crippen LogP contribution in [0.25, 0.3) is 0 Å². The zero-order chi connectivity index (χ0) is 25.4. The molecule has 2 heterocycles. The molecule has 0 radical (unpaired) electrons. The molecule has 2 aromatic rings. The molecule has 2 aromatic carbocycles. The average molecular weight is 475 g/mol. The minimum absolute atomic E-state index is 0.132. The number of fused-ring (bicyclic) bond motifs is 2. The topological polar surface area (TPSA) is 43.2 Å². The maximum absolute atomic E-state index is 6.13. The van der Waals surface area contributed by atoms with Crippen molar-refractivity contribution in [3.63, 3.8) is 0 Å². The van der Waals surface area contributed by atoms with E-state index >= 15 is 0 Å². The highest BCUT2D eigenvalue weighted by atomic mass is 16.5. The first kappa shape index (κ1) is 25.5. The Balaban J connectivity index is 1.83. The molecule has 0 fully saturated rings. The van der Waals surface area contributed by atoms with Crippen LogP contribution in [0, 0.1) is 0 Å². The van der Waals surface area contributed by atoms with Gasteiger partial charge in [0.05, 0.1) is 24.3 Å². The molecule has 188 valence electrons. The van der Waals surface area contributed by atoms with Crippen LogP contribution in [0.1, 0.15) is 102 Å². The molecule has 0 N–H and O–H groups in total. The summed E-state index contributed by atoms with van der Waals surface area (Å²) >= 11 is 0. The number of hydrogen-bond donors (Lipinski definition) is 0. The molecule has 0 amide bonds. The van der Waals surface area contributed by atoms with Crippen LogP contribution in [0.5, 0.6) is 11.5 Å². The predicted octanol–water partition coefficient (Wildman–Crippen LogP) is 7.10. The molecule has 2 aliphatic heterocycles. The summed E-state index contributed by atoms with van der Waals surface area (Å²) in [4.78, 5) is 9.62. The zero-order valence-electron chi connectivity index (χ0n) is 22.9. The molecule has 0 unspecified atom stereocenters. The van der Waals surface area contributed by atoms with Crippen LogP contribution >= 0.6 is 0 Å². The third-order valence-corrected chi connectivity index (χ3v) is 6.69. The standard InChI is InChI=1S/C31H42N2O2/c1-29(2,3)32-19-23-17-25(15-21-11-9-13-34-27(21)23)31(7,8)26-16-22-12-10-14-35-28(22)24(18-26)20-33-30(4,5)6/h15-20H,9-14H2,1-8H3. The minimum Gasteiger partial charge on any atom is -0.493 e. The van der Waals surface area contributed by atoms with Gasteiger partial charge in [-0.05, 0) is 102 Å². The highest BCUT2D eigenvalue weighted by Gasteiger charge is 2.29. The first-order valence-electron chi connectivity index (χ1n) is 13.0. The Morgan fingerprint density at radius 1 is 0.629 bits per heavy atom. The molecular formula is C31H42N2O2. The zero-order valence-corrected chi connectivity index (χ0v) is 22.9. The molecule has 4 nitrogen and oxygen atoms in total. The summed E-state index contributed by atoms with van der Waals surface area (Å²) in [5, 5.41) is 0. The van der Waals surface area contributed by atoms with Crippen molar-refractivity contribution in [1.82, 2.24) is 0 Å². The Morgan fingerprint density at radius 2 is 1.03 bits per heavy atom. The Kier molecular flexibility index (Phi) is 6.87. The van der Waals surface area contributed by atoms with Gasteiger partial charge in [0.2, 0.25) is 0 Å². The quantitative estimate of drug-likeness (QED) is 0.444. The lowest BCUT2D eigenvalue weighted by molar-refractivity contribution is 0.287. The van der Waals surface area contributed by atoms with Crippen LogP contribution in [0.3, 0.4) is 0 Å². The average Bonchev–Trinajstić information content (AvgIpc) is 2.79. The number of benzene rings is 2. The fourth-order valence-corrected chi connectivity index (χ4v) is 4.63. The Labute approximate surface area is 211 Å². The third kappa shape index (κ3) is 5.97. The SMILES string of the molecule is CC(C)(C)N=Cc1cc(C(C)(C)c2cc(C=NC(C)(C)C)c3c(c2)CCCO3)cc2c1OCCC2. The smallest absolute Gasteiger partial charge is 0.131 e. The molecule has 0 atom stereocenters. The molecule has 4 heteroatoms. The Bertz CT molecular complexity index is 1050. The molecule has 2 aliphatic rings. The van der Waals surface area contributed by atoms with E-state index in [1.165, 1.54) is 22.3 Å². The maximum atomic E-state index is 6.13. The first-order valence-corrected chi connectivity index (χ1v) is 13.0. The lowest BCUT2D eigenvalue weighted by atomic mass is 9.75. The largest absolute Gasteiger partial charge is 0.493 e. The molecular weight excluding hydrogens is 432 g/mol. The van der Waals surface area contributed by atoms with Crippen molar-refractivity contribution in [2.24, 2.45) is 9.98 Å². The van der Waals surface area contributed by atoms with Gasteiger partial charge in [-0.1, -0.05) is 26.0 Å². The van der Waals surface area contributed by atoms with E-state index in [2.05, 4.69) is 79.7 Å². The van der Waals surface area contributed by atoms with Gasteiger partial charge in [0, 0.05) is 29.0 Å². The van der Waals surface area contributed by atoms with E-state index in [-0.39, 0.29) is 16.5 Å². The van der Waals surface area contributed by atoms with Gasteiger partial charge in [0.1, 0.15) is 11.5 Å². The summed E-state index contributed by atoms with van der Waals surface area (Å²) < 4.78 is 12.3. The van der Waals surface area contributed by atoms with Crippen LogP contribution < -0.4 is 9.47 Å².